The normalized spacial score (nSPS) is 12.4. The Kier molecular flexibility index (Phi) is 4.58. The maximum Gasteiger partial charge on any atom is 0.573 e. The maximum atomic E-state index is 12.5. The lowest BCUT2D eigenvalue weighted by Gasteiger charge is -2.19. The number of hydrogen-bond acceptors (Lipinski definition) is 5. The molecule has 0 radical (unpaired) electrons. The van der Waals surface area contributed by atoms with Crippen LogP contribution in [-0.4, -0.2) is 26.1 Å². The number of ether oxygens (including phenoxy) is 1. The van der Waals surface area contributed by atoms with Crippen LogP contribution in [0, 0.1) is 0 Å². The van der Waals surface area contributed by atoms with Gasteiger partial charge in [0.2, 0.25) is 5.95 Å². The van der Waals surface area contributed by atoms with Crippen molar-refractivity contribution in [3.05, 3.63) is 46.4 Å². The van der Waals surface area contributed by atoms with Crippen molar-refractivity contribution in [2.75, 3.05) is 5.32 Å². The van der Waals surface area contributed by atoms with Crippen molar-refractivity contribution in [1.29, 1.82) is 0 Å². The molecule has 0 aliphatic carbocycles. The summed E-state index contributed by atoms with van der Waals surface area (Å²) in [5, 5.41) is 7.37. The third-order valence-corrected chi connectivity index (χ3v) is 3.72. The van der Waals surface area contributed by atoms with Crippen LogP contribution in [0.5, 0.6) is 5.75 Å². The number of nitrogens with zero attached hydrogens (tertiary/aromatic N) is 3. The fourth-order valence-electron chi connectivity index (χ4n) is 2.55. The Balaban J connectivity index is 1.89. The second kappa shape index (κ2) is 6.60. The molecule has 0 aliphatic rings. The minimum absolute atomic E-state index is 0.0235. The van der Waals surface area contributed by atoms with E-state index in [1.807, 2.05) is 20.8 Å². The number of halogens is 3. The average Bonchev–Trinajstić information content (AvgIpc) is 2.97. The van der Waals surface area contributed by atoms with Gasteiger partial charge in [0.1, 0.15) is 11.1 Å². The summed E-state index contributed by atoms with van der Waals surface area (Å²) in [4.78, 5) is 19.2. The summed E-state index contributed by atoms with van der Waals surface area (Å²) < 4.78 is 43.2. The number of aromatic amines is 1. The van der Waals surface area contributed by atoms with Gasteiger partial charge in [-0.3, -0.25) is 9.78 Å². The van der Waals surface area contributed by atoms with E-state index in [2.05, 4.69) is 25.1 Å². The van der Waals surface area contributed by atoms with E-state index in [9.17, 15) is 18.0 Å². The highest BCUT2D eigenvalue weighted by Gasteiger charge is 2.32. The number of aromatic nitrogens is 4. The first-order valence-corrected chi connectivity index (χ1v) is 8.11. The molecule has 7 nitrogen and oxygen atoms in total. The largest absolute Gasteiger partial charge is 0.573 e. The molecule has 0 spiro atoms. The number of H-pyrrole nitrogens is 1. The van der Waals surface area contributed by atoms with Gasteiger partial charge >= 0.3 is 6.36 Å². The number of hydrogen-bond donors (Lipinski definition) is 2. The van der Waals surface area contributed by atoms with Crippen molar-refractivity contribution in [2.24, 2.45) is 0 Å². The molecule has 2 N–H and O–H groups in total. The maximum absolute atomic E-state index is 12.5. The number of alkyl halides is 3. The molecule has 0 unspecified atom stereocenters. The first-order valence-electron chi connectivity index (χ1n) is 8.11. The molecule has 10 heteroatoms. The lowest BCUT2D eigenvalue weighted by molar-refractivity contribution is -0.274. The van der Waals surface area contributed by atoms with Crippen molar-refractivity contribution in [3.8, 4) is 5.75 Å². The zero-order chi connectivity index (χ0) is 19.8. The highest BCUT2D eigenvalue weighted by atomic mass is 19.4. The highest BCUT2D eigenvalue weighted by molar-refractivity contribution is 5.74. The van der Waals surface area contributed by atoms with E-state index < -0.39 is 17.5 Å². The second-order valence-corrected chi connectivity index (χ2v) is 6.89. The lowest BCUT2D eigenvalue weighted by atomic mass is 10.1. The van der Waals surface area contributed by atoms with E-state index >= 15 is 0 Å². The van der Waals surface area contributed by atoms with Crippen LogP contribution in [-0.2, 0) is 12.1 Å². The molecule has 0 saturated heterocycles. The van der Waals surface area contributed by atoms with Crippen LogP contribution in [0.25, 0.3) is 11.0 Å². The fourth-order valence-corrected chi connectivity index (χ4v) is 2.55. The lowest BCUT2D eigenvalue weighted by Crippen LogP contribution is -2.24. The summed E-state index contributed by atoms with van der Waals surface area (Å²) in [6.45, 7) is 5.73. The van der Waals surface area contributed by atoms with Crippen molar-refractivity contribution in [2.45, 2.75) is 39.2 Å². The van der Waals surface area contributed by atoms with Gasteiger partial charge in [0.05, 0.1) is 11.7 Å². The minimum Gasteiger partial charge on any atom is -0.405 e. The van der Waals surface area contributed by atoms with Crippen molar-refractivity contribution in [1.82, 2.24) is 19.7 Å². The van der Waals surface area contributed by atoms with E-state index in [1.54, 1.807) is 10.7 Å². The third kappa shape index (κ3) is 4.21. The Morgan fingerprint density at radius 2 is 1.93 bits per heavy atom. The van der Waals surface area contributed by atoms with Crippen LogP contribution >= 0.6 is 0 Å². The monoisotopic (exact) mass is 381 g/mol. The number of anilines is 1. The fraction of sp³-hybridized carbons (Fsp3) is 0.353. The van der Waals surface area contributed by atoms with Crippen molar-refractivity contribution < 1.29 is 17.9 Å². The van der Waals surface area contributed by atoms with E-state index in [1.165, 1.54) is 24.4 Å². The molecule has 0 saturated carbocycles. The Labute approximate surface area is 152 Å². The van der Waals surface area contributed by atoms with Crippen LogP contribution < -0.4 is 15.6 Å². The molecule has 0 amide bonds. The molecular formula is C17H18F3N5O2. The van der Waals surface area contributed by atoms with Gasteiger partial charge in [0, 0.05) is 12.1 Å². The molecule has 0 atom stereocenters. The quantitative estimate of drug-likeness (QED) is 0.724. The highest BCUT2D eigenvalue weighted by Crippen LogP contribution is 2.26. The average molecular weight is 381 g/mol. The Morgan fingerprint density at radius 3 is 2.59 bits per heavy atom. The predicted molar refractivity (Wildman–Crippen MR) is 93.6 cm³/mol. The molecule has 27 heavy (non-hydrogen) atoms. The van der Waals surface area contributed by atoms with Crippen LogP contribution in [0.4, 0.5) is 19.1 Å². The minimum atomic E-state index is -4.79. The Hall–Kier alpha value is -3.04. The van der Waals surface area contributed by atoms with E-state index in [-0.39, 0.29) is 23.8 Å². The van der Waals surface area contributed by atoms with Gasteiger partial charge in [-0.15, -0.1) is 13.2 Å². The Morgan fingerprint density at radius 1 is 1.22 bits per heavy atom. The number of para-hydroxylation sites is 1. The number of rotatable bonds is 4. The van der Waals surface area contributed by atoms with Crippen LogP contribution in [0.2, 0.25) is 0 Å². The third-order valence-electron chi connectivity index (χ3n) is 3.72. The zero-order valence-corrected chi connectivity index (χ0v) is 14.9. The van der Waals surface area contributed by atoms with Crippen LogP contribution in [0.15, 0.2) is 35.3 Å². The first kappa shape index (κ1) is 18.7. The number of benzene rings is 1. The summed E-state index contributed by atoms with van der Waals surface area (Å²) in [6.07, 6.45) is -3.36. The van der Waals surface area contributed by atoms with Gasteiger partial charge in [-0.25, -0.2) is 4.68 Å². The van der Waals surface area contributed by atoms with Crippen LogP contribution in [0.3, 0.4) is 0 Å². The molecule has 3 aromatic rings. The molecule has 0 fully saturated rings. The smallest absolute Gasteiger partial charge is 0.405 e. The van der Waals surface area contributed by atoms with Gasteiger partial charge < -0.3 is 10.1 Å². The molecule has 3 rings (SSSR count). The van der Waals surface area contributed by atoms with E-state index in [0.29, 0.717) is 11.0 Å². The number of fused-ring (bicyclic) bond motifs is 1. The van der Waals surface area contributed by atoms with E-state index in [4.69, 9.17) is 0 Å². The van der Waals surface area contributed by atoms with Gasteiger partial charge in [-0.05, 0) is 26.8 Å². The SMILES string of the molecule is CC(C)(C)n1ncc2c(=O)[nH]c(NCc3ccccc3OC(F)(F)F)nc21. The summed E-state index contributed by atoms with van der Waals surface area (Å²) in [5.74, 6) is -0.194. The van der Waals surface area contributed by atoms with Crippen LogP contribution in [0.1, 0.15) is 26.3 Å². The van der Waals surface area contributed by atoms with Gasteiger partial charge in [0.15, 0.2) is 5.65 Å². The topological polar surface area (TPSA) is 84.8 Å². The van der Waals surface area contributed by atoms with Gasteiger partial charge in [-0.1, -0.05) is 18.2 Å². The molecule has 0 aliphatic heterocycles. The summed E-state index contributed by atoms with van der Waals surface area (Å²) in [7, 11) is 0. The van der Waals surface area contributed by atoms with Gasteiger partial charge in [0.25, 0.3) is 5.56 Å². The zero-order valence-electron chi connectivity index (χ0n) is 14.9. The first-order chi connectivity index (χ1) is 12.5. The second-order valence-electron chi connectivity index (χ2n) is 6.89. The summed E-state index contributed by atoms with van der Waals surface area (Å²) in [5.41, 5.74) is -0.138. The van der Waals surface area contributed by atoms with Crippen molar-refractivity contribution in [3.63, 3.8) is 0 Å². The summed E-state index contributed by atoms with van der Waals surface area (Å²) in [6, 6.07) is 5.75. The van der Waals surface area contributed by atoms with Crippen molar-refractivity contribution >= 4 is 17.0 Å². The molecule has 0 bridgehead atoms. The molecule has 2 aromatic heterocycles. The molecule has 144 valence electrons. The molecular weight excluding hydrogens is 363 g/mol. The van der Waals surface area contributed by atoms with E-state index in [0.717, 1.165) is 0 Å². The molecule has 2 heterocycles. The summed E-state index contributed by atoms with van der Waals surface area (Å²) >= 11 is 0. The number of nitrogens with one attached hydrogen (secondary N) is 2. The molecule has 1 aromatic carbocycles. The Bertz CT molecular complexity index is 1020. The standard InChI is InChI=1S/C17H18F3N5O2/c1-16(2,3)25-13-11(9-22-25)14(26)24-15(23-13)21-8-10-6-4-5-7-12(10)27-17(18,19)20/h4-7,9H,8H2,1-3H3,(H2,21,23,24,26). The predicted octanol–water partition coefficient (Wildman–Crippen LogP) is 3.39. The van der Waals surface area contributed by atoms with Gasteiger partial charge in [-0.2, -0.15) is 10.1 Å².